The van der Waals surface area contributed by atoms with E-state index in [-0.39, 0.29) is 5.91 Å². The number of hydrogen-bond donors (Lipinski definition) is 2. The van der Waals surface area contributed by atoms with Crippen LogP contribution < -0.4 is 10.6 Å². The Hall–Kier alpha value is -1.58. The average Bonchev–Trinajstić information content (AvgIpc) is 3.03. The predicted octanol–water partition coefficient (Wildman–Crippen LogP) is 1.41. The largest absolute Gasteiger partial charge is 0.385 e. The smallest absolute Gasteiger partial charge is 0.270 e. The fourth-order valence-electron chi connectivity index (χ4n) is 1.36. The molecule has 15 heavy (non-hydrogen) atoms. The van der Waals surface area contributed by atoms with Crippen LogP contribution in [-0.4, -0.2) is 23.5 Å². The van der Waals surface area contributed by atoms with Crippen molar-refractivity contribution >= 4 is 11.6 Å². The second-order valence-electron chi connectivity index (χ2n) is 3.71. The molecule has 2 N–H and O–H groups in total. The number of rotatable bonds is 4. The number of carbonyl (C=O) groups excluding carboxylic acids is 1. The van der Waals surface area contributed by atoms with Gasteiger partial charge in [-0.25, -0.2) is 0 Å². The average molecular weight is 205 g/mol. The normalized spacial score (nSPS) is 14.7. The van der Waals surface area contributed by atoms with E-state index in [1.165, 1.54) is 0 Å². The molecule has 0 radical (unpaired) electrons. The lowest BCUT2D eigenvalue weighted by atomic mass is 10.3. The quantitative estimate of drug-likeness (QED) is 0.781. The zero-order valence-electron chi connectivity index (χ0n) is 8.79. The first-order chi connectivity index (χ1) is 7.29. The van der Waals surface area contributed by atoms with Crippen molar-refractivity contribution < 1.29 is 4.79 Å². The molecule has 1 aromatic rings. The first-order valence-electron chi connectivity index (χ1n) is 5.30. The summed E-state index contributed by atoms with van der Waals surface area (Å²) in [5.41, 5.74) is 1.42. The van der Waals surface area contributed by atoms with Crippen LogP contribution in [0.25, 0.3) is 0 Å². The molecule has 1 fully saturated rings. The molecule has 1 aliphatic rings. The summed E-state index contributed by atoms with van der Waals surface area (Å²) >= 11 is 0. The summed E-state index contributed by atoms with van der Waals surface area (Å²) in [5.74, 6) is -0.0720. The molecule has 4 nitrogen and oxygen atoms in total. The van der Waals surface area contributed by atoms with Gasteiger partial charge >= 0.3 is 0 Å². The monoisotopic (exact) mass is 205 g/mol. The van der Waals surface area contributed by atoms with E-state index in [0.717, 1.165) is 25.1 Å². The van der Waals surface area contributed by atoms with Gasteiger partial charge in [-0.05, 0) is 31.9 Å². The third-order valence-electron chi connectivity index (χ3n) is 2.29. The number of pyridine rings is 1. The minimum atomic E-state index is -0.0720. The van der Waals surface area contributed by atoms with Gasteiger partial charge in [0.2, 0.25) is 0 Å². The van der Waals surface area contributed by atoms with Crippen LogP contribution in [0.4, 0.5) is 5.69 Å². The molecule has 2 rings (SSSR count). The summed E-state index contributed by atoms with van der Waals surface area (Å²) in [7, 11) is 0. The van der Waals surface area contributed by atoms with Crippen molar-refractivity contribution in [1.29, 1.82) is 0 Å². The van der Waals surface area contributed by atoms with Crippen LogP contribution in [0.3, 0.4) is 0 Å². The fourth-order valence-corrected chi connectivity index (χ4v) is 1.36. The number of carbonyl (C=O) groups is 1. The zero-order valence-corrected chi connectivity index (χ0v) is 8.79. The van der Waals surface area contributed by atoms with Crippen LogP contribution in [0.15, 0.2) is 18.3 Å². The van der Waals surface area contributed by atoms with Crippen molar-refractivity contribution in [3.63, 3.8) is 0 Å². The topological polar surface area (TPSA) is 54.0 Å². The number of nitrogens with one attached hydrogen (secondary N) is 2. The molecule has 0 aromatic carbocycles. The maximum atomic E-state index is 11.7. The number of nitrogens with zero attached hydrogens (tertiary/aromatic N) is 1. The summed E-state index contributed by atoms with van der Waals surface area (Å²) in [5, 5.41) is 6.06. The molecule has 0 spiro atoms. The molecule has 1 saturated carbocycles. The van der Waals surface area contributed by atoms with Crippen LogP contribution in [0.5, 0.6) is 0 Å². The van der Waals surface area contributed by atoms with Gasteiger partial charge in [0.1, 0.15) is 5.69 Å². The van der Waals surface area contributed by atoms with E-state index in [2.05, 4.69) is 15.6 Å². The highest BCUT2D eigenvalue weighted by molar-refractivity contribution is 5.93. The van der Waals surface area contributed by atoms with Gasteiger partial charge in [0.25, 0.3) is 5.91 Å². The molecule has 1 aliphatic carbocycles. The zero-order chi connectivity index (χ0) is 10.7. The molecule has 1 heterocycles. The molecule has 4 heteroatoms. The summed E-state index contributed by atoms with van der Waals surface area (Å²) in [6.45, 7) is 2.86. The molecule has 1 aromatic heterocycles. The summed E-state index contributed by atoms with van der Waals surface area (Å²) in [6, 6.07) is 4.01. The van der Waals surface area contributed by atoms with Crippen LogP contribution in [0, 0.1) is 0 Å². The highest BCUT2D eigenvalue weighted by Crippen LogP contribution is 2.19. The van der Waals surface area contributed by atoms with E-state index in [4.69, 9.17) is 0 Å². The van der Waals surface area contributed by atoms with E-state index >= 15 is 0 Å². The molecule has 80 valence electrons. The molecule has 0 unspecified atom stereocenters. The van der Waals surface area contributed by atoms with Crippen LogP contribution in [-0.2, 0) is 0 Å². The third kappa shape index (κ3) is 2.68. The Labute approximate surface area is 89.1 Å². The Kier molecular flexibility index (Phi) is 2.85. The van der Waals surface area contributed by atoms with E-state index < -0.39 is 0 Å². The van der Waals surface area contributed by atoms with Crippen molar-refractivity contribution in [2.24, 2.45) is 0 Å². The molecule has 1 amide bonds. The lowest BCUT2D eigenvalue weighted by Crippen LogP contribution is -2.26. The Morgan fingerprint density at radius 3 is 3.07 bits per heavy atom. The van der Waals surface area contributed by atoms with Crippen molar-refractivity contribution in [2.75, 3.05) is 11.9 Å². The molecule has 0 bridgehead atoms. The van der Waals surface area contributed by atoms with Crippen molar-refractivity contribution in [3.05, 3.63) is 24.0 Å². The lowest BCUT2D eigenvalue weighted by molar-refractivity contribution is 0.0946. The Morgan fingerprint density at radius 2 is 2.40 bits per heavy atom. The number of hydrogen-bond acceptors (Lipinski definition) is 3. The maximum Gasteiger partial charge on any atom is 0.270 e. The summed E-state index contributed by atoms with van der Waals surface area (Å²) < 4.78 is 0. The second kappa shape index (κ2) is 4.29. The van der Waals surface area contributed by atoms with Crippen molar-refractivity contribution in [2.45, 2.75) is 25.8 Å². The molecule has 0 aliphatic heterocycles. The predicted molar refractivity (Wildman–Crippen MR) is 58.9 cm³/mol. The van der Waals surface area contributed by atoms with Crippen LogP contribution >= 0.6 is 0 Å². The maximum absolute atomic E-state index is 11.7. The van der Waals surface area contributed by atoms with Gasteiger partial charge in [0, 0.05) is 24.5 Å². The first-order valence-corrected chi connectivity index (χ1v) is 5.30. The summed E-state index contributed by atoms with van der Waals surface area (Å²) in [6.07, 6.45) is 3.84. The molecular formula is C11H15N3O. The molecule has 0 saturated heterocycles. The Balaban J connectivity index is 2.05. The van der Waals surface area contributed by atoms with Crippen LogP contribution in [0.1, 0.15) is 30.3 Å². The number of aromatic nitrogens is 1. The number of anilines is 1. The highest BCUT2D eigenvalue weighted by atomic mass is 16.2. The van der Waals surface area contributed by atoms with Gasteiger partial charge in [0.15, 0.2) is 0 Å². The van der Waals surface area contributed by atoms with Crippen molar-refractivity contribution in [1.82, 2.24) is 10.3 Å². The first kappa shape index (κ1) is 9.96. The van der Waals surface area contributed by atoms with Gasteiger partial charge in [-0.15, -0.1) is 0 Å². The third-order valence-corrected chi connectivity index (χ3v) is 2.29. The minimum absolute atomic E-state index is 0.0720. The van der Waals surface area contributed by atoms with E-state index in [1.54, 1.807) is 12.3 Å². The van der Waals surface area contributed by atoms with Gasteiger partial charge in [-0.2, -0.15) is 0 Å². The molecule has 0 atom stereocenters. The van der Waals surface area contributed by atoms with Crippen molar-refractivity contribution in [3.8, 4) is 0 Å². The standard InChI is InChI=1S/C11H15N3O/c1-2-12-9-5-6-13-10(7-9)11(15)14-8-3-4-8/h5-8H,2-4H2,1H3,(H,12,13)(H,14,15). The Morgan fingerprint density at radius 1 is 1.60 bits per heavy atom. The highest BCUT2D eigenvalue weighted by Gasteiger charge is 2.24. The Bertz CT molecular complexity index is 361. The summed E-state index contributed by atoms with van der Waals surface area (Å²) in [4.78, 5) is 15.7. The fraction of sp³-hybridized carbons (Fsp3) is 0.455. The lowest BCUT2D eigenvalue weighted by Gasteiger charge is -2.05. The van der Waals surface area contributed by atoms with E-state index in [1.807, 2.05) is 13.0 Å². The SMILES string of the molecule is CCNc1ccnc(C(=O)NC2CC2)c1. The number of amides is 1. The van der Waals surface area contributed by atoms with Gasteiger partial charge in [0.05, 0.1) is 0 Å². The van der Waals surface area contributed by atoms with Crippen LogP contribution in [0.2, 0.25) is 0 Å². The molecular weight excluding hydrogens is 190 g/mol. The van der Waals surface area contributed by atoms with Gasteiger partial charge < -0.3 is 10.6 Å². The van der Waals surface area contributed by atoms with E-state index in [0.29, 0.717) is 11.7 Å². The van der Waals surface area contributed by atoms with Gasteiger partial charge in [-0.1, -0.05) is 0 Å². The second-order valence-corrected chi connectivity index (χ2v) is 3.71. The minimum Gasteiger partial charge on any atom is -0.385 e. The van der Waals surface area contributed by atoms with Gasteiger partial charge in [-0.3, -0.25) is 9.78 Å². The van der Waals surface area contributed by atoms with E-state index in [9.17, 15) is 4.79 Å².